The summed E-state index contributed by atoms with van der Waals surface area (Å²) in [5.74, 6) is 0.722. The van der Waals surface area contributed by atoms with Gasteiger partial charge in [-0.3, -0.25) is 4.79 Å². The van der Waals surface area contributed by atoms with Crippen molar-refractivity contribution in [2.45, 2.75) is 40.3 Å². The Kier molecular flexibility index (Phi) is 8.49. The monoisotopic (exact) mass is 519 g/mol. The number of aliphatic imine (C=N–C) groups is 1. The minimum atomic E-state index is 0. The number of nitrogens with one attached hydrogen (secondary N) is 2. The van der Waals surface area contributed by atoms with Gasteiger partial charge < -0.3 is 15.5 Å². The van der Waals surface area contributed by atoms with Crippen molar-refractivity contribution in [3.05, 3.63) is 37.5 Å². The van der Waals surface area contributed by atoms with Crippen molar-refractivity contribution >= 4 is 58.5 Å². The Morgan fingerprint density at radius 2 is 2.19 bits per heavy atom. The van der Waals surface area contributed by atoms with Gasteiger partial charge in [-0.2, -0.15) is 0 Å². The summed E-state index contributed by atoms with van der Waals surface area (Å²) in [5, 5.41) is 9.58. The SMILES string of the molecule is CCNC(=NCC(=O)N1CCc2sccc2C1)NCc1nc(C)c(C)s1.I. The summed E-state index contributed by atoms with van der Waals surface area (Å²) < 4.78 is 0. The Hall–Kier alpha value is -1.20. The molecule has 0 saturated heterocycles. The molecule has 0 unspecified atom stereocenters. The van der Waals surface area contributed by atoms with Crippen LogP contribution in [0.15, 0.2) is 16.4 Å². The van der Waals surface area contributed by atoms with E-state index in [-0.39, 0.29) is 36.4 Å². The van der Waals surface area contributed by atoms with Gasteiger partial charge in [0.2, 0.25) is 5.91 Å². The molecule has 0 atom stereocenters. The molecule has 0 radical (unpaired) electrons. The lowest BCUT2D eigenvalue weighted by molar-refractivity contribution is -0.130. The van der Waals surface area contributed by atoms with Gasteiger partial charge in [0.05, 0.1) is 12.2 Å². The van der Waals surface area contributed by atoms with E-state index < -0.39 is 0 Å². The highest BCUT2D eigenvalue weighted by atomic mass is 127. The molecule has 0 fully saturated rings. The Morgan fingerprint density at radius 3 is 2.89 bits per heavy atom. The van der Waals surface area contributed by atoms with Crippen molar-refractivity contribution in [3.63, 3.8) is 0 Å². The third-order valence-corrected chi connectivity index (χ3v) is 6.45. The van der Waals surface area contributed by atoms with Crippen LogP contribution in [0.4, 0.5) is 0 Å². The quantitative estimate of drug-likeness (QED) is 0.362. The molecule has 1 aliphatic heterocycles. The van der Waals surface area contributed by atoms with Crippen LogP contribution < -0.4 is 10.6 Å². The molecule has 3 rings (SSSR count). The van der Waals surface area contributed by atoms with Gasteiger partial charge >= 0.3 is 0 Å². The van der Waals surface area contributed by atoms with Gasteiger partial charge in [0.1, 0.15) is 11.6 Å². The Labute approximate surface area is 185 Å². The second-order valence-corrected chi connectivity index (χ2v) is 8.52. The number of thiophene rings is 1. The second kappa shape index (κ2) is 10.4. The number of nitrogens with zero attached hydrogens (tertiary/aromatic N) is 3. The largest absolute Gasteiger partial charge is 0.357 e. The number of guanidine groups is 1. The molecule has 2 aromatic rings. The van der Waals surface area contributed by atoms with Crippen molar-refractivity contribution in [1.82, 2.24) is 20.5 Å². The first-order chi connectivity index (χ1) is 12.6. The molecule has 148 valence electrons. The molecule has 0 spiro atoms. The fourth-order valence-electron chi connectivity index (χ4n) is 2.82. The lowest BCUT2D eigenvalue weighted by Gasteiger charge is -2.26. The van der Waals surface area contributed by atoms with Gasteiger partial charge in [-0.05, 0) is 44.2 Å². The summed E-state index contributed by atoms with van der Waals surface area (Å²) >= 11 is 3.47. The van der Waals surface area contributed by atoms with Crippen LogP contribution in [0.2, 0.25) is 0 Å². The van der Waals surface area contributed by atoms with Crippen LogP contribution >= 0.6 is 46.7 Å². The topological polar surface area (TPSA) is 69.6 Å². The maximum absolute atomic E-state index is 12.5. The van der Waals surface area contributed by atoms with E-state index in [0.29, 0.717) is 19.0 Å². The number of fused-ring (bicyclic) bond motifs is 1. The molecule has 0 saturated carbocycles. The highest BCUT2D eigenvalue weighted by Gasteiger charge is 2.21. The maximum atomic E-state index is 12.5. The zero-order valence-electron chi connectivity index (χ0n) is 15.9. The van der Waals surface area contributed by atoms with Crippen molar-refractivity contribution in [1.29, 1.82) is 0 Å². The summed E-state index contributed by atoms with van der Waals surface area (Å²) in [6.45, 7) is 9.11. The average molecular weight is 519 g/mol. The van der Waals surface area contributed by atoms with E-state index in [9.17, 15) is 4.79 Å². The van der Waals surface area contributed by atoms with Crippen molar-refractivity contribution in [2.75, 3.05) is 19.6 Å². The Bertz CT molecular complexity index is 782. The highest BCUT2D eigenvalue weighted by molar-refractivity contribution is 14.0. The number of thiazole rings is 1. The van der Waals surface area contributed by atoms with Crippen LogP contribution in [0.5, 0.6) is 0 Å². The van der Waals surface area contributed by atoms with Gasteiger partial charge in [0, 0.05) is 29.4 Å². The van der Waals surface area contributed by atoms with E-state index in [1.54, 1.807) is 22.7 Å². The molecule has 3 heterocycles. The van der Waals surface area contributed by atoms with Crippen LogP contribution in [0.3, 0.4) is 0 Å². The number of carbonyl (C=O) groups excluding carboxylic acids is 1. The third-order valence-electron chi connectivity index (χ3n) is 4.36. The number of hydrogen-bond acceptors (Lipinski definition) is 5. The zero-order valence-corrected chi connectivity index (χ0v) is 19.8. The van der Waals surface area contributed by atoms with E-state index in [2.05, 4.69) is 39.0 Å². The van der Waals surface area contributed by atoms with E-state index in [1.165, 1.54) is 15.3 Å². The lowest BCUT2D eigenvalue weighted by atomic mass is 10.1. The third kappa shape index (κ3) is 5.89. The minimum Gasteiger partial charge on any atom is -0.357 e. The van der Waals surface area contributed by atoms with Crippen molar-refractivity contribution < 1.29 is 4.79 Å². The van der Waals surface area contributed by atoms with E-state index in [4.69, 9.17) is 0 Å². The number of halogens is 1. The number of rotatable bonds is 5. The van der Waals surface area contributed by atoms with Crippen LogP contribution in [-0.4, -0.2) is 41.4 Å². The molecule has 2 N–H and O–H groups in total. The Balaban J connectivity index is 0.00000261. The fourth-order valence-corrected chi connectivity index (χ4v) is 4.59. The van der Waals surface area contributed by atoms with Crippen LogP contribution in [-0.2, 0) is 24.3 Å². The van der Waals surface area contributed by atoms with Crippen LogP contribution in [0, 0.1) is 13.8 Å². The van der Waals surface area contributed by atoms with Gasteiger partial charge in [-0.1, -0.05) is 0 Å². The number of aromatic nitrogens is 1. The normalized spacial score (nSPS) is 13.7. The predicted octanol–water partition coefficient (Wildman–Crippen LogP) is 3.08. The first kappa shape index (κ1) is 22.1. The summed E-state index contributed by atoms with van der Waals surface area (Å²) in [5.41, 5.74) is 2.35. The summed E-state index contributed by atoms with van der Waals surface area (Å²) in [7, 11) is 0. The Morgan fingerprint density at radius 1 is 1.37 bits per heavy atom. The molecule has 0 bridgehead atoms. The predicted molar refractivity (Wildman–Crippen MR) is 123 cm³/mol. The minimum absolute atomic E-state index is 0. The molecule has 1 aliphatic rings. The molecule has 6 nitrogen and oxygen atoms in total. The zero-order chi connectivity index (χ0) is 18.5. The second-order valence-electron chi connectivity index (χ2n) is 6.23. The molecule has 0 aromatic carbocycles. The van der Waals surface area contributed by atoms with Gasteiger partial charge in [0.15, 0.2) is 5.96 Å². The molecule has 2 aromatic heterocycles. The lowest BCUT2D eigenvalue weighted by Crippen LogP contribution is -2.40. The first-order valence-electron chi connectivity index (χ1n) is 8.85. The maximum Gasteiger partial charge on any atom is 0.244 e. The average Bonchev–Trinajstić information content (AvgIpc) is 3.22. The molecule has 27 heavy (non-hydrogen) atoms. The van der Waals surface area contributed by atoms with Crippen LogP contribution in [0.25, 0.3) is 0 Å². The number of carbonyl (C=O) groups is 1. The van der Waals surface area contributed by atoms with E-state index in [0.717, 1.165) is 30.2 Å². The van der Waals surface area contributed by atoms with Gasteiger partial charge in [-0.15, -0.1) is 46.7 Å². The molecule has 1 amide bonds. The van der Waals surface area contributed by atoms with Gasteiger partial charge in [-0.25, -0.2) is 9.98 Å². The van der Waals surface area contributed by atoms with Crippen molar-refractivity contribution in [3.8, 4) is 0 Å². The van der Waals surface area contributed by atoms with Crippen LogP contribution in [0.1, 0.15) is 32.9 Å². The fraction of sp³-hybridized carbons (Fsp3) is 0.500. The van der Waals surface area contributed by atoms with E-state index in [1.807, 2.05) is 18.7 Å². The molecule has 9 heteroatoms. The number of aryl methyl sites for hydroxylation is 2. The summed E-state index contributed by atoms with van der Waals surface area (Å²) in [6.07, 6.45) is 0.948. The van der Waals surface area contributed by atoms with Crippen molar-refractivity contribution in [2.24, 2.45) is 4.99 Å². The number of amides is 1. The standard InChI is InChI=1S/C18H25N5OS2.HI/c1-4-19-18(20-9-16-22-12(2)13(3)26-16)21-10-17(24)23-7-5-15-14(11-23)6-8-25-15;/h6,8H,4-5,7,9-11H2,1-3H3,(H2,19,20,21);1H. The molecular formula is C18H26IN5OS2. The number of hydrogen-bond donors (Lipinski definition) is 2. The summed E-state index contributed by atoms with van der Waals surface area (Å²) in [6, 6.07) is 2.12. The van der Waals surface area contributed by atoms with Gasteiger partial charge in [0.25, 0.3) is 0 Å². The summed E-state index contributed by atoms with van der Waals surface area (Å²) in [4.78, 5) is 26.0. The van der Waals surface area contributed by atoms with E-state index >= 15 is 0 Å². The molecule has 0 aliphatic carbocycles. The molecular weight excluding hydrogens is 493 g/mol. The highest BCUT2D eigenvalue weighted by Crippen LogP contribution is 2.23. The smallest absolute Gasteiger partial charge is 0.244 e. The first-order valence-corrected chi connectivity index (χ1v) is 10.5.